The fraction of sp³-hybridized carbons (Fsp3) is 0.238. The van der Waals surface area contributed by atoms with E-state index in [9.17, 15) is 9.59 Å². The molecule has 0 spiro atoms. The number of nitrogens with one attached hydrogen (secondary N) is 1. The molecular formula is C21H22BrNO4. The highest BCUT2D eigenvalue weighted by molar-refractivity contribution is 9.10. The highest BCUT2D eigenvalue weighted by Gasteiger charge is 2.11. The second kappa shape index (κ2) is 10.5. The number of amides is 1. The molecule has 5 nitrogen and oxygen atoms in total. The Morgan fingerprint density at radius 2 is 1.78 bits per heavy atom. The van der Waals surface area contributed by atoms with E-state index in [1.807, 2.05) is 62.4 Å². The smallest absolute Gasteiger partial charge is 0.331 e. The number of carbonyl (C=O) groups excluding carboxylic acids is 2. The third-order valence-electron chi connectivity index (χ3n) is 3.70. The SMILES string of the molecule is CCOc1ccc(/C=C/C(=O)OCC(=O)NC(C)c2ccc(Br)cc2)cc1. The highest BCUT2D eigenvalue weighted by atomic mass is 79.9. The minimum atomic E-state index is -0.574. The minimum absolute atomic E-state index is 0.177. The monoisotopic (exact) mass is 431 g/mol. The summed E-state index contributed by atoms with van der Waals surface area (Å²) in [6, 6.07) is 14.8. The van der Waals surface area contributed by atoms with E-state index in [1.165, 1.54) is 6.08 Å². The largest absolute Gasteiger partial charge is 0.494 e. The van der Waals surface area contributed by atoms with E-state index >= 15 is 0 Å². The molecule has 0 radical (unpaired) electrons. The molecule has 2 aromatic carbocycles. The van der Waals surface area contributed by atoms with Crippen LogP contribution in [0.3, 0.4) is 0 Å². The third kappa shape index (κ3) is 7.27. The summed E-state index contributed by atoms with van der Waals surface area (Å²) < 4.78 is 11.3. The lowest BCUT2D eigenvalue weighted by Gasteiger charge is -2.14. The number of hydrogen-bond acceptors (Lipinski definition) is 4. The number of ether oxygens (including phenoxy) is 2. The van der Waals surface area contributed by atoms with E-state index in [-0.39, 0.29) is 18.6 Å². The molecule has 27 heavy (non-hydrogen) atoms. The van der Waals surface area contributed by atoms with Crippen molar-refractivity contribution in [3.63, 3.8) is 0 Å². The summed E-state index contributed by atoms with van der Waals surface area (Å²) in [6.07, 6.45) is 2.92. The van der Waals surface area contributed by atoms with Crippen molar-refractivity contribution in [2.45, 2.75) is 19.9 Å². The van der Waals surface area contributed by atoms with Crippen LogP contribution in [0.2, 0.25) is 0 Å². The van der Waals surface area contributed by atoms with Gasteiger partial charge in [-0.15, -0.1) is 0 Å². The molecule has 142 valence electrons. The predicted octanol–water partition coefficient (Wildman–Crippen LogP) is 4.28. The number of esters is 1. The lowest BCUT2D eigenvalue weighted by molar-refractivity contribution is -0.144. The molecule has 2 rings (SSSR count). The lowest BCUT2D eigenvalue weighted by Crippen LogP contribution is -2.30. The fourth-order valence-electron chi connectivity index (χ4n) is 2.31. The number of rotatable bonds is 8. The maximum Gasteiger partial charge on any atom is 0.331 e. The average Bonchev–Trinajstić information content (AvgIpc) is 2.66. The zero-order valence-electron chi connectivity index (χ0n) is 15.3. The Balaban J connectivity index is 1.77. The molecule has 1 atom stereocenters. The molecule has 0 saturated heterocycles. The Hall–Kier alpha value is -2.60. The van der Waals surface area contributed by atoms with Crippen molar-refractivity contribution in [3.05, 3.63) is 70.2 Å². The van der Waals surface area contributed by atoms with Crippen LogP contribution in [-0.4, -0.2) is 25.1 Å². The zero-order chi connectivity index (χ0) is 19.6. The van der Waals surface area contributed by atoms with Crippen LogP contribution in [0.25, 0.3) is 6.08 Å². The maximum absolute atomic E-state index is 11.9. The van der Waals surface area contributed by atoms with E-state index in [0.29, 0.717) is 6.61 Å². The fourth-order valence-corrected chi connectivity index (χ4v) is 2.57. The first-order valence-corrected chi connectivity index (χ1v) is 9.39. The van der Waals surface area contributed by atoms with Gasteiger partial charge in [-0.2, -0.15) is 0 Å². The highest BCUT2D eigenvalue weighted by Crippen LogP contribution is 2.16. The molecule has 1 amide bonds. The van der Waals surface area contributed by atoms with Gasteiger partial charge >= 0.3 is 5.97 Å². The molecule has 2 aromatic rings. The van der Waals surface area contributed by atoms with Crippen LogP contribution in [0.5, 0.6) is 5.75 Å². The van der Waals surface area contributed by atoms with Gasteiger partial charge in [0.15, 0.2) is 6.61 Å². The van der Waals surface area contributed by atoms with Crippen molar-refractivity contribution in [2.24, 2.45) is 0 Å². The Bertz CT molecular complexity index is 785. The molecule has 6 heteroatoms. The van der Waals surface area contributed by atoms with E-state index in [4.69, 9.17) is 9.47 Å². The topological polar surface area (TPSA) is 64.6 Å². The Morgan fingerprint density at radius 1 is 1.11 bits per heavy atom. The second-order valence-electron chi connectivity index (χ2n) is 5.78. The normalized spacial score (nSPS) is 11.8. The Labute approximate surface area is 167 Å². The van der Waals surface area contributed by atoms with Crippen LogP contribution in [0, 0.1) is 0 Å². The quantitative estimate of drug-likeness (QED) is 0.500. The summed E-state index contributed by atoms with van der Waals surface area (Å²) in [5, 5.41) is 2.79. The predicted molar refractivity (Wildman–Crippen MR) is 108 cm³/mol. The van der Waals surface area contributed by atoms with Crippen LogP contribution >= 0.6 is 15.9 Å². The van der Waals surface area contributed by atoms with Crippen molar-refractivity contribution in [2.75, 3.05) is 13.2 Å². The summed E-state index contributed by atoms with van der Waals surface area (Å²) in [5.41, 5.74) is 1.80. The number of hydrogen-bond donors (Lipinski definition) is 1. The van der Waals surface area contributed by atoms with Crippen LogP contribution < -0.4 is 10.1 Å². The minimum Gasteiger partial charge on any atom is -0.494 e. The van der Waals surface area contributed by atoms with Gasteiger partial charge in [0.2, 0.25) is 0 Å². The number of halogens is 1. The molecule has 0 aliphatic carbocycles. The molecule has 0 saturated carbocycles. The van der Waals surface area contributed by atoms with E-state index in [0.717, 1.165) is 21.3 Å². The summed E-state index contributed by atoms with van der Waals surface area (Å²) in [5.74, 6) is -0.155. The summed E-state index contributed by atoms with van der Waals surface area (Å²) in [4.78, 5) is 23.7. The molecule has 0 aliphatic heterocycles. The van der Waals surface area contributed by atoms with E-state index < -0.39 is 5.97 Å². The Morgan fingerprint density at radius 3 is 2.41 bits per heavy atom. The molecule has 0 aromatic heterocycles. The first kappa shape index (κ1) is 20.7. The molecular weight excluding hydrogens is 410 g/mol. The molecule has 0 heterocycles. The van der Waals surface area contributed by atoms with Crippen LogP contribution in [-0.2, 0) is 14.3 Å². The maximum atomic E-state index is 11.9. The van der Waals surface area contributed by atoms with Crippen LogP contribution in [0.15, 0.2) is 59.1 Å². The van der Waals surface area contributed by atoms with Crippen LogP contribution in [0.1, 0.15) is 31.0 Å². The zero-order valence-corrected chi connectivity index (χ0v) is 16.9. The van der Waals surface area contributed by atoms with Gasteiger partial charge in [0, 0.05) is 10.5 Å². The lowest BCUT2D eigenvalue weighted by atomic mass is 10.1. The van der Waals surface area contributed by atoms with Gasteiger partial charge in [0.05, 0.1) is 12.6 Å². The first-order chi connectivity index (χ1) is 13.0. The summed E-state index contributed by atoms with van der Waals surface area (Å²) in [6.45, 7) is 4.06. The van der Waals surface area contributed by atoms with Gasteiger partial charge in [0.1, 0.15) is 5.75 Å². The average molecular weight is 432 g/mol. The van der Waals surface area contributed by atoms with Gasteiger partial charge in [-0.3, -0.25) is 4.79 Å². The van der Waals surface area contributed by atoms with Gasteiger partial charge in [0.25, 0.3) is 5.91 Å². The Kier molecular flexibility index (Phi) is 8.07. The van der Waals surface area contributed by atoms with Gasteiger partial charge in [-0.05, 0) is 55.3 Å². The number of carbonyl (C=O) groups is 2. The van der Waals surface area contributed by atoms with Crippen molar-refractivity contribution in [1.29, 1.82) is 0 Å². The molecule has 0 bridgehead atoms. The number of benzene rings is 2. The molecule has 1 N–H and O–H groups in total. The van der Waals surface area contributed by atoms with E-state index in [2.05, 4.69) is 21.2 Å². The van der Waals surface area contributed by atoms with Gasteiger partial charge in [-0.25, -0.2) is 4.79 Å². The van der Waals surface area contributed by atoms with Gasteiger partial charge in [-0.1, -0.05) is 40.2 Å². The molecule has 0 fully saturated rings. The van der Waals surface area contributed by atoms with E-state index in [1.54, 1.807) is 6.08 Å². The van der Waals surface area contributed by atoms with Crippen molar-refractivity contribution in [1.82, 2.24) is 5.32 Å². The van der Waals surface area contributed by atoms with Crippen molar-refractivity contribution < 1.29 is 19.1 Å². The molecule has 1 unspecified atom stereocenters. The standard InChI is InChI=1S/C21H22BrNO4/c1-3-26-19-11-4-16(5-12-19)6-13-21(25)27-14-20(24)23-15(2)17-7-9-18(22)10-8-17/h4-13,15H,3,14H2,1-2H3,(H,23,24)/b13-6+. The van der Waals surface area contributed by atoms with Crippen molar-refractivity contribution >= 4 is 33.9 Å². The second-order valence-corrected chi connectivity index (χ2v) is 6.70. The van der Waals surface area contributed by atoms with Gasteiger partial charge < -0.3 is 14.8 Å². The third-order valence-corrected chi connectivity index (χ3v) is 4.22. The molecule has 0 aliphatic rings. The first-order valence-electron chi connectivity index (χ1n) is 8.60. The van der Waals surface area contributed by atoms with Crippen LogP contribution in [0.4, 0.5) is 0 Å². The summed E-state index contributed by atoms with van der Waals surface area (Å²) >= 11 is 3.37. The summed E-state index contributed by atoms with van der Waals surface area (Å²) in [7, 11) is 0. The van der Waals surface area contributed by atoms with Crippen molar-refractivity contribution in [3.8, 4) is 5.75 Å².